The summed E-state index contributed by atoms with van der Waals surface area (Å²) in [4.78, 5) is 11.8. The Kier molecular flexibility index (Phi) is 5.55. The van der Waals surface area contributed by atoms with Gasteiger partial charge in [0.2, 0.25) is 0 Å². The summed E-state index contributed by atoms with van der Waals surface area (Å²) in [5, 5.41) is 9.77. The minimum atomic E-state index is -0.323. The molecule has 2 atom stereocenters. The number of rotatable bonds is 3. The van der Waals surface area contributed by atoms with Gasteiger partial charge in [0.15, 0.2) is 10.9 Å². The molecule has 32 heavy (non-hydrogen) atoms. The fourth-order valence-electron chi connectivity index (χ4n) is 5.20. The number of pyridine rings is 1. The third-order valence-electron chi connectivity index (χ3n) is 6.78. The molecule has 3 aromatic heterocycles. The number of hydrogen-bond donors (Lipinski definition) is 1. The van der Waals surface area contributed by atoms with Crippen molar-refractivity contribution in [2.45, 2.75) is 50.2 Å². The second-order valence-corrected chi connectivity index (χ2v) is 9.97. The van der Waals surface area contributed by atoms with Gasteiger partial charge in [0.1, 0.15) is 11.0 Å². The number of aryl methyl sites for hydroxylation is 1. The predicted molar refractivity (Wildman–Crippen MR) is 130 cm³/mol. The number of anilines is 1. The van der Waals surface area contributed by atoms with Gasteiger partial charge in [-0.25, -0.2) is 9.37 Å². The summed E-state index contributed by atoms with van der Waals surface area (Å²) in [6.07, 6.45) is 9.90. The first-order valence-corrected chi connectivity index (χ1v) is 11.7. The topological polar surface area (TPSA) is 58.9 Å². The zero-order valence-corrected chi connectivity index (χ0v) is 19.7. The van der Waals surface area contributed by atoms with E-state index in [1.165, 1.54) is 38.2 Å². The average Bonchev–Trinajstić information content (AvgIpc) is 3.35. The van der Waals surface area contributed by atoms with Gasteiger partial charge in [-0.3, -0.25) is 9.67 Å². The zero-order valence-electron chi connectivity index (χ0n) is 18.1. The molecule has 0 amide bonds. The lowest BCUT2D eigenvalue weighted by Gasteiger charge is -2.43. The van der Waals surface area contributed by atoms with Crippen LogP contribution in [-0.4, -0.2) is 44.9 Å². The summed E-state index contributed by atoms with van der Waals surface area (Å²) in [6, 6.07) is 7.29. The van der Waals surface area contributed by atoms with Crippen LogP contribution in [0.15, 0.2) is 30.6 Å². The maximum atomic E-state index is 14.5. The molecule has 2 fully saturated rings. The second-order valence-electron chi connectivity index (χ2n) is 8.96. The Morgan fingerprint density at radius 2 is 1.97 bits per heavy atom. The van der Waals surface area contributed by atoms with E-state index in [4.69, 9.17) is 4.98 Å². The van der Waals surface area contributed by atoms with Crippen molar-refractivity contribution < 1.29 is 4.39 Å². The first kappa shape index (κ1) is 21.6. The molecule has 9 heteroatoms. The van der Waals surface area contributed by atoms with Crippen molar-refractivity contribution in [2.75, 3.05) is 11.9 Å². The van der Waals surface area contributed by atoms with Gasteiger partial charge in [0, 0.05) is 49.4 Å². The molecule has 2 bridgehead atoms. The lowest BCUT2D eigenvalue weighted by atomic mass is 9.83. The van der Waals surface area contributed by atoms with Gasteiger partial charge >= 0.3 is 0 Å². The van der Waals surface area contributed by atoms with E-state index in [0.29, 0.717) is 23.6 Å². The highest BCUT2D eigenvalue weighted by molar-refractivity contribution is 7.22. The van der Waals surface area contributed by atoms with E-state index in [0.717, 1.165) is 32.0 Å². The van der Waals surface area contributed by atoms with Gasteiger partial charge in [-0.2, -0.15) is 5.10 Å². The lowest BCUT2D eigenvalue weighted by molar-refractivity contribution is 0.219. The van der Waals surface area contributed by atoms with Gasteiger partial charge in [0.25, 0.3) is 0 Å². The first-order chi connectivity index (χ1) is 15.0. The average molecular weight is 473 g/mol. The summed E-state index contributed by atoms with van der Waals surface area (Å²) in [7, 11) is 3.97. The Labute approximate surface area is 196 Å². The molecule has 0 spiro atoms. The second kappa shape index (κ2) is 8.24. The van der Waals surface area contributed by atoms with Crippen LogP contribution in [0, 0.1) is 5.82 Å². The molecule has 0 aliphatic carbocycles. The number of piperidine rings is 2. The largest absolute Gasteiger partial charge is 0.348 e. The maximum Gasteiger partial charge on any atom is 0.186 e. The molecule has 0 radical (unpaired) electrons. The van der Waals surface area contributed by atoms with Crippen LogP contribution in [-0.2, 0) is 7.05 Å². The minimum absolute atomic E-state index is 0. The number of fused-ring (bicyclic) bond motifs is 4. The molecular weight excluding hydrogens is 447 g/mol. The summed E-state index contributed by atoms with van der Waals surface area (Å²) >= 11 is 1.69. The van der Waals surface area contributed by atoms with Crippen molar-refractivity contribution in [3.8, 4) is 11.3 Å². The molecule has 1 N–H and O–H groups in total. The van der Waals surface area contributed by atoms with Crippen molar-refractivity contribution in [1.29, 1.82) is 0 Å². The van der Waals surface area contributed by atoms with Crippen LogP contribution in [0.3, 0.4) is 0 Å². The van der Waals surface area contributed by atoms with Crippen LogP contribution < -0.4 is 10.2 Å². The molecule has 1 aromatic carbocycles. The number of thiazole rings is 1. The fraction of sp³-hybridized carbons (Fsp3) is 0.435. The van der Waals surface area contributed by atoms with E-state index in [1.54, 1.807) is 29.3 Å². The Morgan fingerprint density at radius 1 is 1.19 bits per heavy atom. The highest BCUT2D eigenvalue weighted by Crippen LogP contribution is 2.35. The van der Waals surface area contributed by atoms with Gasteiger partial charge in [-0.1, -0.05) is 17.8 Å². The van der Waals surface area contributed by atoms with E-state index in [1.807, 2.05) is 18.3 Å². The fourth-order valence-corrected chi connectivity index (χ4v) is 6.20. The van der Waals surface area contributed by atoms with E-state index >= 15 is 0 Å². The molecule has 2 aliphatic heterocycles. The van der Waals surface area contributed by atoms with E-state index in [9.17, 15) is 4.39 Å². The zero-order chi connectivity index (χ0) is 21.1. The number of aromatic nitrogens is 4. The maximum absolute atomic E-state index is 14.5. The van der Waals surface area contributed by atoms with E-state index in [-0.39, 0.29) is 18.2 Å². The summed E-state index contributed by atoms with van der Waals surface area (Å²) < 4.78 is 17.3. The van der Waals surface area contributed by atoms with Crippen molar-refractivity contribution in [3.63, 3.8) is 0 Å². The standard InChI is InChI=1S/C23H25FN6S.ClH/c1-29-12-14-6-13(7-18(24)22(14)28-29)19-10-21-20(11-25-19)27-23(31-21)30(2)17-8-15-4-3-5-16(9-17)26-15;/h6-7,10-12,15-17,26H,3-5,8-9H2,1-2H3;1H. The first-order valence-electron chi connectivity index (χ1n) is 10.9. The highest BCUT2D eigenvalue weighted by Gasteiger charge is 2.33. The van der Waals surface area contributed by atoms with Gasteiger partial charge in [-0.15, -0.1) is 12.4 Å². The molecule has 2 saturated heterocycles. The van der Waals surface area contributed by atoms with Gasteiger partial charge < -0.3 is 10.2 Å². The molecule has 2 unspecified atom stereocenters. The normalized spacial score (nSPS) is 22.8. The molecule has 4 aromatic rings. The van der Waals surface area contributed by atoms with E-state index in [2.05, 4.69) is 27.3 Å². The monoisotopic (exact) mass is 472 g/mol. The van der Waals surface area contributed by atoms with Gasteiger partial charge in [-0.05, 0) is 43.9 Å². The van der Waals surface area contributed by atoms with Crippen LogP contribution in [0.4, 0.5) is 9.52 Å². The molecule has 6 nitrogen and oxygen atoms in total. The third kappa shape index (κ3) is 3.74. The Balaban J connectivity index is 0.00000216. The Bertz CT molecular complexity index is 1270. The highest BCUT2D eigenvalue weighted by atomic mass is 35.5. The SMILES string of the molecule is CN(c1nc2cnc(-c3cc(F)c4nn(C)cc4c3)cc2s1)C1CC2CCCC(C1)N2.Cl. The molecule has 0 saturated carbocycles. The molecule has 168 valence electrons. The predicted octanol–water partition coefficient (Wildman–Crippen LogP) is 4.92. The van der Waals surface area contributed by atoms with Crippen LogP contribution >= 0.6 is 23.7 Å². The third-order valence-corrected chi connectivity index (χ3v) is 7.88. The number of benzene rings is 1. The number of halogens is 2. The molecular formula is C23H26ClFN6S. The Morgan fingerprint density at radius 3 is 2.75 bits per heavy atom. The molecule has 5 heterocycles. The number of nitrogens with zero attached hydrogens (tertiary/aromatic N) is 5. The van der Waals surface area contributed by atoms with Crippen molar-refractivity contribution >= 4 is 50.0 Å². The van der Waals surface area contributed by atoms with E-state index < -0.39 is 0 Å². The number of nitrogens with one attached hydrogen (secondary N) is 1. The molecule has 6 rings (SSSR count). The van der Waals surface area contributed by atoms with Crippen LogP contribution in [0.1, 0.15) is 32.1 Å². The minimum Gasteiger partial charge on any atom is -0.348 e. The van der Waals surface area contributed by atoms with Gasteiger partial charge in [0.05, 0.1) is 16.6 Å². The van der Waals surface area contributed by atoms with Crippen molar-refractivity contribution in [2.24, 2.45) is 7.05 Å². The van der Waals surface area contributed by atoms with Crippen molar-refractivity contribution in [1.82, 2.24) is 25.1 Å². The summed E-state index contributed by atoms with van der Waals surface area (Å²) in [5.41, 5.74) is 2.80. The quantitative estimate of drug-likeness (QED) is 0.459. The summed E-state index contributed by atoms with van der Waals surface area (Å²) in [5.74, 6) is -0.323. The smallest absolute Gasteiger partial charge is 0.186 e. The van der Waals surface area contributed by atoms with Crippen LogP contribution in [0.25, 0.3) is 32.4 Å². The van der Waals surface area contributed by atoms with Crippen molar-refractivity contribution in [3.05, 3.63) is 36.4 Å². The number of hydrogen-bond acceptors (Lipinski definition) is 6. The Hall–Kier alpha value is -2.29. The molecule has 2 aliphatic rings. The lowest BCUT2D eigenvalue weighted by Crippen LogP contribution is -2.54. The summed E-state index contributed by atoms with van der Waals surface area (Å²) in [6.45, 7) is 0. The van der Waals surface area contributed by atoms with Crippen LogP contribution in [0.2, 0.25) is 0 Å². The van der Waals surface area contributed by atoms with Crippen LogP contribution in [0.5, 0.6) is 0 Å².